The van der Waals surface area contributed by atoms with Gasteiger partial charge < -0.3 is 5.32 Å². The lowest BCUT2D eigenvalue weighted by molar-refractivity contribution is -0.137. The van der Waals surface area contributed by atoms with E-state index in [4.69, 9.17) is 11.6 Å². The van der Waals surface area contributed by atoms with E-state index in [2.05, 4.69) is 5.32 Å². The number of hydrogen-bond donors (Lipinski definition) is 1. The van der Waals surface area contributed by atoms with Gasteiger partial charge >= 0.3 is 6.18 Å². The average molecular weight is 446 g/mol. The molecular weight excluding hydrogens is 435 g/mol. The molecule has 0 unspecified atom stereocenters. The molecule has 3 rings (SSSR count). The summed E-state index contributed by atoms with van der Waals surface area (Å²) in [4.78, 5) is 12.1. The number of anilines is 1. The number of benzene rings is 2. The molecule has 146 valence electrons. The molecule has 10 heteroatoms. The van der Waals surface area contributed by atoms with E-state index in [1.54, 1.807) is 6.07 Å². The minimum Gasteiger partial charge on any atom is -0.320 e. The normalized spacial score (nSPS) is 12.0. The Morgan fingerprint density at radius 2 is 1.61 bits per heavy atom. The van der Waals surface area contributed by atoms with Gasteiger partial charge in [-0.15, -0.1) is 11.3 Å². The van der Waals surface area contributed by atoms with Gasteiger partial charge in [0.2, 0.25) is 9.84 Å². The Balaban J connectivity index is 1.89. The number of thiophene rings is 1. The maximum atomic E-state index is 12.9. The van der Waals surface area contributed by atoms with Gasteiger partial charge in [0, 0.05) is 16.3 Å². The van der Waals surface area contributed by atoms with Crippen molar-refractivity contribution >= 4 is 44.4 Å². The smallest absolute Gasteiger partial charge is 0.320 e. The molecule has 28 heavy (non-hydrogen) atoms. The van der Waals surface area contributed by atoms with Crippen molar-refractivity contribution in [1.82, 2.24) is 0 Å². The molecule has 2 aromatic carbocycles. The third-order valence-corrected chi connectivity index (χ3v) is 6.95. The van der Waals surface area contributed by atoms with E-state index in [1.165, 1.54) is 29.0 Å². The van der Waals surface area contributed by atoms with E-state index in [0.29, 0.717) is 0 Å². The lowest BCUT2D eigenvalue weighted by atomic mass is 10.1. The molecule has 0 aliphatic carbocycles. The summed E-state index contributed by atoms with van der Waals surface area (Å²) in [5, 5.41) is 5.23. The van der Waals surface area contributed by atoms with Gasteiger partial charge in [-0.2, -0.15) is 13.2 Å². The van der Waals surface area contributed by atoms with E-state index in [1.807, 2.05) is 0 Å². The second-order valence-corrected chi connectivity index (χ2v) is 8.65. The summed E-state index contributed by atoms with van der Waals surface area (Å²) in [6.07, 6.45) is -4.52. The number of amides is 1. The van der Waals surface area contributed by atoms with Gasteiger partial charge in [0.15, 0.2) is 0 Å². The van der Waals surface area contributed by atoms with Crippen molar-refractivity contribution in [2.24, 2.45) is 0 Å². The molecule has 0 saturated carbocycles. The predicted molar refractivity (Wildman–Crippen MR) is 101 cm³/mol. The van der Waals surface area contributed by atoms with Gasteiger partial charge in [-0.25, -0.2) is 8.42 Å². The Morgan fingerprint density at radius 1 is 0.964 bits per heavy atom. The van der Waals surface area contributed by atoms with Crippen molar-refractivity contribution in [2.45, 2.75) is 16.0 Å². The third kappa shape index (κ3) is 4.06. The molecular formula is C18H11ClF3NO3S2. The molecule has 0 saturated heterocycles. The van der Waals surface area contributed by atoms with Crippen LogP contribution in [0.5, 0.6) is 0 Å². The first-order valence-corrected chi connectivity index (χ1v) is 10.5. The maximum Gasteiger partial charge on any atom is 0.416 e. The number of alkyl halides is 3. The molecule has 0 atom stereocenters. The Kier molecular flexibility index (Phi) is 5.51. The van der Waals surface area contributed by atoms with E-state index in [-0.39, 0.29) is 26.1 Å². The van der Waals surface area contributed by atoms with Crippen LogP contribution in [0, 0.1) is 0 Å². The largest absolute Gasteiger partial charge is 0.416 e. The first-order chi connectivity index (χ1) is 13.1. The van der Waals surface area contributed by atoms with Crippen molar-refractivity contribution in [2.75, 3.05) is 5.32 Å². The summed E-state index contributed by atoms with van der Waals surface area (Å²) < 4.78 is 63.6. The molecule has 0 aliphatic rings. The summed E-state index contributed by atoms with van der Waals surface area (Å²) in [6.45, 7) is 0. The fraction of sp³-hybridized carbons (Fsp3) is 0.0556. The minimum atomic E-state index is -4.52. The Labute approximate surface area is 167 Å². The number of nitrogens with one attached hydrogen (secondary N) is 1. The Bertz CT molecular complexity index is 1120. The first-order valence-electron chi connectivity index (χ1n) is 7.65. The molecule has 1 aromatic heterocycles. The molecule has 0 radical (unpaired) electrons. The second-order valence-electron chi connectivity index (χ2n) is 5.61. The quantitative estimate of drug-likeness (QED) is 0.576. The minimum absolute atomic E-state index is 0.0230. The summed E-state index contributed by atoms with van der Waals surface area (Å²) in [5.41, 5.74) is -0.906. The summed E-state index contributed by atoms with van der Waals surface area (Å²) in [5.74, 6) is -0.734. The van der Waals surface area contributed by atoms with Crippen LogP contribution in [0.4, 0.5) is 18.9 Å². The van der Waals surface area contributed by atoms with Crippen LogP contribution in [0.25, 0.3) is 0 Å². The zero-order valence-corrected chi connectivity index (χ0v) is 16.2. The van der Waals surface area contributed by atoms with Crippen LogP contribution in [0.2, 0.25) is 5.02 Å². The standard InChI is InChI=1S/C18H11ClF3NO3S2/c19-13-3-1-2-4-15(13)28(25,26)16-10-27-9-14(16)23-17(24)11-5-7-12(8-6-11)18(20,21)22/h1-10H,(H,23,24). The first kappa shape index (κ1) is 20.4. The lowest BCUT2D eigenvalue weighted by Gasteiger charge is -2.10. The van der Waals surface area contributed by atoms with Gasteiger partial charge in [0.25, 0.3) is 5.91 Å². The van der Waals surface area contributed by atoms with Crippen LogP contribution < -0.4 is 5.32 Å². The highest BCUT2D eigenvalue weighted by atomic mass is 35.5. The van der Waals surface area contributed by atoms with Gasteiger partial charge in [0.1, 0.15) is 4.90 Å². The van der Waals surface area contributed by atoms with Crippen molar-refractivity contribution in [3.8, 4) is 0 Å². The van der Waals surface area contributed by atoms with Crippen LogP contribution in [0.1, 0.15) is 15.9 Å². The van der Waals surface area contributed by atoms with E-state index < -0.39 is 27.5 Å². The fourth-order valence-corrected chi connectivity index (χ4v) is 5.42. The second kappa shape index (κ2) is 7.57. The van der Waals surface area contributed by atoms with Crippen LogP contribution in [0.15, 0.2) is 69.1 Å². The van der Waals surface area contributed by atoms with E-state index in [9.17, 15) is 26.4 Å². The molecule has 1 heterocycles. The molecule has 0 fully saturated rings. The molecule has 0 spiro atoms. The van der Waals surface area contributed by atoms with Gasteiger partial charge in [-0.05, 0) is 36.4 Å². The van der Waals surface area contributed by atoms with Crippen LogP contribution >= 0.6 is 22.9 Å². The number of carbonyl (C=O) groups is 1. The highest BCUT2D eigenvalue weighted by molar-refractivity contribution is 7.92. The van der Waals surface area contributed by atoms with Crippen LogP contribution in [0.3, 0.4) is 0 Å². The SMILES string of the molecule is O=C(Nc1cscc1S(=O)(=O)c1ccccc1Cl)c1ccc(C(F)(F)F)cc1. The average Bonchev–Trinajstić information content (AvgIpc) is 3.10. The van der Waals surface area contributed by atoms with Gasteiger partial charge in [-0.3, -0.25) is 4.79 Å². The molecule has 4 nitrogen and oxygen atoms in total. The van der Waals surface area contributed by atoms with E-state index >= 15 is 0 Å². The van der Waals surface area contributed by atoms with Crippen molar-refractivity contribution in [3.05, 3.63) is 75.4 Å². The number of sulfone groups is 1. The molecule has 3 aromatic rings. The van der Waals surface area contributed by atoms with Gasteiger partial charge in [0.05, 0.1) is 21.2 Å². The van der Waals surface area contributed by atoms with Crippen molar-refractivity contribution in [3.63, 3.8) is 0 Å². The Morgan fingerprint density at radius 3 is 2.21 bits per heavy atom. The summed E-state index contributed by atoms with van der Waals surface area (Å²) in [7, 11) is -4.00. The number of rotatable bonds is 4. The zero-order chi connectivity index (χ0) is 20.5. The number of halogens is 4. The van der Waals surface area contributed by atoms with Crippen molar-refractivity contribution in [1.29, 1.82) is 0 Å². The number of hydrogen-bond acceptors (Lipinski definition) is 4. The molecule has 1 amide bonds. The third-order valence-electron chi connectivity index (χ3n) is 3.76. The molecule has 0 aliphatic heterocycles. The van der Waals surface area contributed by atoms with Crippen LogP contribution in [-0.4, -0.2) is 14.3 Å². The number of carbonyl (C=O) groups excluding carboxylic acids is 1. The van der Waals surface area contributed by atoms with Gasteiger partial charge in [-0.1, -0.05) is 23.7 Å². The predicted octanol–water partition coefficient (Wildman–Crippen LogP) is 5.51. The maximum absolute atomic E-state index is 12.9. The summed E-state index contributed by atoms with van der Waals surface area (Å²) in [6, 6.07) is 9.49. The van der Waals surface area contributed by atoms with Crippen LogP contribution in [-0.2, 0) is 16.0 Å². The fourth-order valence-electron chi connectivity index (χ4n) is 2.37. The van der Waals surface area contributed by atoms with Crippen molar-refractivity contribution < 1.29 is 26.4 Å². The van der Waals surface area contributed by atoms with E-state index in [0.717, 1.165) is 35.6 Å². The highest BCUT2D eigenvalue weighted by Gasteiger charge is 2.30. The zero-order valence-electron chi connectivity index (χ0n) is 13.8. The summed E-state index contributed by atoms with van der Waals surface area (Å²) >= 11 is 7.03. The molecule has 1 N–H and O–H groups in total. The molecule has 0 bridgehead atoms. The monoisotopic (exact) mass is 445 g/mol. The Hall–Kier alpha value is -2.36. The highest BCUT2D eigenvalue weighted by Crippen LogP contribution is 2.34. The lowest BCUT2D eigenvalue weighted by Crippen LogP contribution is -2.14. The topological polar surface area (TPSA) is 63.2 Å².